The third-order valence-corrected chi connectivity index (χ3v) is 5.43. The summed E-state index contributed by atoms with van der Waals surface area (Å²) >= 11 is 0. The number of carboxylic acids is 1. The molecule has 0 radical (unpaired) electrons. The van der Waals surface area contributed by atoms with Gasteiger partial charge in [0.05, 0.1) is 17.6 Å². The number of carbonyl (C=O) groups is 1. The minimum absolute atomic E-state index is 0.177. The molecule has 0 atom stereocenters. The maximum absolute atomic E-state index is 12.7. The molecule has 1 saturated carbocycles. The average Bonchev–Trinajstić information content (AvgIpc) is 3.53. The molecule has 28 heavy (non-hydrogen) atoms. The summed E-state index contributed by atoms with van der Waals surface area (Å²) in [6.07, 6.45) is 5.50. The molecule has 6 nitrogen and oxygen atoms in total. The second-order valence-corrected chi connectivity index (χ2v) is 7.25. The molecular weight excluding hydrogens is 354 g/mol. The largest absolute Gasteiger partial charge is 0.477 e. The molecule has 0 unspecified atom stereocenters. The predicted molar refractivity (Wildman–Crippen MR) is 106 cm³/mol. The van der Waals surface area contributed by atoms with Crippen LogP contribution < -0.4 is 10.9 Å². The van der Waals surface area contributed by atoms with Crippen molar-refractivity contribution in [1.82, 2.24) is 9.38 Å². The van der Waals surface area contributed by atoms with Gasteiger partial charge in [-0.1, -0.05) is 11.8 Å². The van der Waals surface area contributed by atoms with Crippen molar-refractivity contribution in [2.45, 2.75) is 25.7 Å². The van der Waals surface area contributed by atoms with E-state index in [1.807, 2.05) is 19.1 Å². The van der Waals surface area contributed by atoms with Crippen molar-refractivity contribution in [3.05, 3.63) is 63.2 Å². The van der Waals surface area contributed by atoms with Gasteiger partial charge in [0.2, 0.25) is 0 Å². The van der Waals surface area contributed by atoms with Gasteiger partial charge in [-0.2, -0.15) is 0 Å². The highest BCUT2D eigenvalue weighted by Crippen LogP contribution is 2.43. The van der Waals surface area contributed by atoms with E-state index in [1.54, 1.807) is 18.5 Å². The van der Waals surface area contributed by atoms with Crippen molar-refractivity contribution >= 4 is 17.3 Å². The molecule has 138 valence electrons. The lowest BCUT2D eigenvalue weighted by Gasteiger charge is -2.16. The van der Waals surface area contributed by atoms with Gasteiger partial charge in [0.25, 0.3) is 5.56 Å². The first-order valence-electron chi connectivity index (χ1n) is 9.20. The summed E-state index contributed by atoms with van der Waals surface area (Å²) in [5.41, 5.74) is 4.74. The molecule has 3 aromatic rings. The first-order valence-corrected chi connectivity index (χ1v) is 9.20. The van der Waals surface area contributed by atoms with E-state index in [2.05, 4.69) is 22.1 Å². The van der Waals surface area contributed by atoms with Crippen LogP contribution in [-0.4, -0.2) is 27.0 Å². The molecule has 1 fully saturated rings. The number of nitrogens with zero attached hydrogens (tertiary/aromatic N) is 2. The standard InChI is InChI=1S/C22H17N3O3/c1-12-16(15-9-14-3-2-7-23-20(14)24-11-15)6-8-25-19(12)17(13-4-5-13)10-18(21(25)26)22(27)28/h6,8-11,13H,4-5,7H2,1H3,(H,23,24)(H,27,28). The van der Waals surface area contributed by atoms with E-state index < -0.39 is 11.5 Å². The van der Waals surface area contributed by atoms with Crippen molar-refractivity contribution in [3.63, 3.8) is 0 Å². The van der Waals surface area contributed by atoms with Gasteiger partial charge in [-0.25, -0.2) is 9.78 Å². The Morgan fingerprint density at radius 2 is 2.18 bits per heavy atom. The van der Waals surface area contributed by atoms with E-state index >= 15 is 0 Å². The van der Waals surface area contributed by atoms with Crippen LogP contribution >= 0.6 is 0 Å². The van der Waals surface area contributed by atoms with Crippen molar-refractivity contribution in [2.75, 3.05) is 11.9 Å². The van der Waals surface area contributed by atoms with Crippen molar-refractivity contribution in [3.8, 4) is 23.0 Å². The Bertz CT molecular complexity index is 1290. The Labute approximate surface area is 160 Å². The molecule has 0 aromatic carbocycles. The Morgan fingerprint density at radius 1 is 1.36 bits per heavy atom. The zero-order valence-corrected chi connectivity index (χ0v) is 15.2. The highest BCUT2D eigenvalue weighted by atomic mass is 16.4. The highest BCUT2D eigenvalue weighted by molar-refractivity contribution is 5.89. The van der Waals surface area contributed by atoms with Crippen LogP contribution in [0.4, 0.5) is 5.82 Å². The number of hydrogen-bond donors (Lipinski definition) is 2. The lowest BCUT2D eigenvalue weighted by atomic mass is 9.96. The van der Waals surface area contributed by atoms with Crippen LogP contribution in [-0.2, 0) is 0 Å². The lowest BCUT2D eigenvalue weighted by Crippen LogP contribution is -2.23. The minimum Gasteiger partial charge on any atom is -0.477 e. The summed E-state index contributed by atoms with van der Waals surface area (Å²) in [6, 6.07) is 5.41. The average molecular weight is 371 g/mol. The van der Waals surface area contributed by atoms with Crippen molar-refractivity contribution in [2.24, 2.45) is 0 Å². The molecule has 6 heteroatoms. The van der Waals surface area contributed by atoms with Gasteiger partial charge in [0, 0.05) is 18.0 Å². The van der Waals surface area contributed by atoms with Crippen LogP contribution in [0, 0.1) is 18.8 Å². The number of aromatic carboxylic acids is 1. The van der Waals surface area contributed by atoms with Crippen LogP contribution in [0.3, 0.4) is 0 Å². The van der Waals surface area contributed by atoms with Gasteiger partial charge >= 0.3 is 5.97 Å². The third-order valence-electron chi connectivity index (χ3n) is 5.43. The smallest absolute Gasteiger partial charge is 0.341 e. The summed E-state index contributed by atoms with van der Waals surface area (Å²) in [5, 5.41) is 12.6. The molecule has 1 aliphatic heterocycles. The number of nitrogens with one attached hydrogen (secondary N) is 1. The quantitative estimate of drug-likeness (QED) is 0.692. The monoisotopic (exact) mass is 371 g/mol. The molecule has 4 heterocycles. The number of aryl methyl sites for hydroxylation is 1. The molecule has 3 aromatic heterocycles. The van der Waals surface area contributed by atoms with Crippen LogP contribution in [0.25, 0.3) is 16.6 Å². The maximum atomic E-state index is 12.7. The molecule has 0 amide bonds. The summed E-state index contributed by atoms with van der Waals surface area (Å²) in [7, 11) is 0. The fraction of sp³-hybridized carbons (Fsp3) is 0.227. The number of carboxylic acid groups (broad SMARTS) is 1. The zero-order chi connectivity index (χ0) is 19.4. The van der Waals surface area contributed by atoms with Crippen LogP contribution in [0.5, 0.6) is 0 Å². The van der Waals surface area contributed by atoms with Crippen molar-refractivity contribution < 1.29 is 9.90 Å². The summed E-state index contributed by atoms with van der Waals surface area (Å²) in [5.74, 6) is 6.02. The van der Waals surface area contributed by atoms with E-state index in [1.165, 1.54) is 4.40 Å². The Balaban J connectivity index is 1.78. The second-order valence-electron chi connectivity index (χ2n) is 7.25. The fourth-order valence-electron chi connectivity index (χ4n) is 3.88. The predicted octanol–water partition coefficient (Wildman–Crippen LogP) is 3.02. The van der Waals surface area contributed by atoms with E-state index in [0.717, 1.165) is 52.0 Å². The van der Waals surface area contributed by atoms with Crippen molar-refractivity contribution in [1.29, 1.82) is 0 Å². The molecule has 1 aliphatic carbocycles. The maximum Gasteiger partial charge on any atom is 0.341 e. The topological polar surface area (TPSA) is 83.7 Å². The number of aromatic nitrogens is 2. The normalized spacial score (nSPS) is 14.8. The molecule has 2 N–H and O–H groups in total. The number of pyridine rings is 3. The molecule has 0 saturated heterocycles. The Hall–Kier alpha value is -3.59. The fourth-order valence-corrected chi connectivity index (χ4v) is 3.88. The molecule has 0 spiro atoms. The minimum atomic E-state index is -1.19. The molecule has 2 aliphatic rings. The van der Waals surface area contributed by atoms with Crippen LogP contribution in [0.15, 0.2) is 35.4 Å². The number of rotatable bonds is 3. The van der Waals surface area contributed by atoms with Gasteiger partial charge in [-0.15, -0.1) is 0 Å². The van der Waals surface area contributed by atoms with Crippen LogP contribution in [0.1, 0.15) is 45.8 Å². The van der Waals surface area contributed by atoms with E-state index in [0.29, 0.717) is 12.5 Å². The summed E-state index contributed by atoms with van der Waals surface area (Å²) in [4.78, 5) is 28.7. The first kappa shape index (κ1) is 16.6. The number of anilines is 1. The SMILES string of the molecule is Cc1c(-c2cnc3c(c2)C#CCN3)ccn2c(=O)c(C(=O)O)cc(C3CC3)c12. The number of fused-ring (bicyclic) bond motifs is 2. The Kier molecular flexibility index (Phi) is 3.53. The van der Waals surface area contributed by atoms with E-state index in [-0.39, 0.29) is 5.56 Å². The highest BCUT2D eigenvalue weighted by Gasteiger charge is 2.29. The lowest BCUT2D eigenvalue weighted by molar-refractivity contribution is 0.0694. The van der Waals surface area contributed by atoms with Crippen LogP contribution in [0.2, 0.25) is 0 Å². The summed E-state index contributed by atoms with van der Waals surface area (Å²) in [6.45, 7) is 2.56. The molecule has 5 rings (SSSR count). The first-order chi connectivity index (χ1) is 13.5. The zero-order valence-electron chi connectivity index (χ0n) is 15.2. The third kappa shape index (κ3) is 2.48. The summed E-state index contributed by atoms with van der Waals surface area (Å²) < 4.78 is 1.48. The van der Waals surface area contributed by atoms with Gasteiger partial charge < -0.3 is 10.4 Å². The van der Waals surface area contributed by atoms with Gasteiger partial charge in [-0.05, 0) is 60.6 Å². The van der Waals surface area contributed by atoms with E-state index in [9.17, 15) is 14.7 Å². The van der Waals surface area contributed by atoms with Gasteiger partial charge in [0.1, 0.15) is 11.4 Å². The second kappa shape index (κ2) is 5.96. The van der Waals surface area contributed by atoms with E-state index in [4.69, 9.17) is 0 Å². The molecular formula is C22H17N3O3. The number of hydrogen-bond acceptors (Lipinski definition) is 4. The molecule has 0 bridgehead atoms. The Morgan fingerprint density at radius 3 is 2.93 bits per heavy atom. The van der Waals surface area contributed by atoms with Gasteiger partial charge in [-0.3, -0.25) is 9.20 Å². The van der Waals surface area contributed by atoms with Gasteiger partial charge in [0.15, 0.2) is 0 Å².